The summed E-state index contributed by atoms with van der Waals surface area (Å²) in [6, 6.07) is 4.48. The lowest BCUT2D eigenvalue weighted by Crippen LogP contribution is -2.15. The lowest BCUT2D eigenvalue weighted by atomic mass is 10.1. The number of halogens is 1. The third kappa shape index (κ3) is 3.45. The molecule has 3 nitrogen and oxygen atoms in total. The molecule has 0 spiro atoms. The van der Waals surface area contributed by atoms with Gasteiger partial charge in [-0.1, -0.05) is 12.1 Å². The molecule has 0 aliphatic carbocycles. The molecule has 2 atom stereocenters. The van der Waals surface area contributed by atoms with E-state index in [1.54, 1.807) is 19.1 Å². The molecule has 0 amide bonds. The number of hydrogen-bond acceptors (Lipinski definition) is 4. The molecule has 0 heterocycles. The van der Waals surface area contributed by atoms with Crippen molar-refractivity contribution in [2.24, 2.45) is 5.73 Å². The second kappa shape index (κ2) is 6.20. The lowest BCUT2D eigenvalue weighted by molar-refractivity contribution is 0.113. The van der Waals surface area contributed by atoms with Crippen LogP contribution < -0.4 is 5.73 Å². The van der Waals surface area contributed by atoms with Gasteiger partial charge in [0.1, 0.15) is 5.82 Å². The average Bonchev–Trinajstić information content (AvgIpc) is 2.26. The predicted molar refractivity (Wildman–Crippen MR) is 62.8 cm³/mol. The summed E-state index contributed by atoms with van der Waals surface area (Å²) in [6.45, 7) is 1.45. The molecule has 1 aromatic carbocycles. The summed E-state index contributed by atoms with van der Waals surface area (Å²) in [7, 11) is 0. The van der Waals surface area contributed by atoms with E-state index in [-0.39, 0.29) is 24.2 Å². The summed E-state index contributed by atoms with van der Waals surface area (Å²) in [5.41, 5.74) is 6.45. The maximum Gasteiger partial charge on any atom is 0.137 e. The number of aliphatic hydroxyl groups excluding tert-OH is 2. The molecule has 1 unspecified atom stereocenters. The van der Waals surface area contributed by atoms with Crippen LogP contribution in [0, 0.1) is 5.82 Å². The molecule has 1 aromatic rings. The summed E-state index contributed by atoms with van der Waals surface area (Å²) in [6.07, 6.45) is -0.842. The average molecular weight is 245 g/mol. The molecule has 0 aliphatic heterocycles. The number of aliphatic hydroxyl groups is 2. The zero-order chi connectivity index (χ0) is 12.1. The Kier molecular flexibility index (Phi) is 5.21. The van der Waals surface area contributed by atoms with Crippen LogP contribution in [0.4, 0.5) is 4.39 Å². The van der Waals surface area contributed by atoms with Crippen LogP contribution in [0.15, 0.2) is 23.1 Å². The van der Waals surface area contributed by atoms with E-state index in [0.717, 1.165) is 5.56 Å². The van der Waals surface area contributed by atoms with E-state index in [2.05, 4.69) is 0 Å². The van der Waals surface area contributed by atoms with Crippen molar-refractivity contribution in [1.29, 1.82) is 0 Å². The Labute approximate surface area is 98.5 Å². The number of rotatable bonds is 5. The Hall–Kier alpha value is -0.620. The Morgan fingerprint density at radius 1 is 1.50 bits per heavy atom. The third-order valence-electron chi connectivity index (χ3n) is 2.12. The number of nitrogens with two attached hydrogens (primary N) is 1. The lowest BCUT2D eigenvalue weighted by Gasteiger charge is -2.14. The molecular formula is C11H16FNO2S. The summed E-state index contributed by atoms with van der Waals surface area (Å²) < 4.78 is 13.5. The minimum atomic E-state index is -0.842. The van der Waals surface area contributed by atoms with Crippen LogP contribution in [-0.4, -0.2) is 28.7 Å². The molecule has 90 valence electrons. The van der Waals surface area contributed by atoms with E-state index in [4.69, 9.17) is 10.8 Å². The Morgan fingerprint density at radius 3 is 2.75 bits per heavy atom. The molecule has 4 N–H and O–H groups in total. The second-order valence-corrected chi connectivity index (χ2v) is 4.62. The van der Waals surface area contributed by atoms with Crippen molar-refractivity contribution >= 4 is 11.8 Å². The summed E-state index contributed by atoms with van der Waals surface area (Å²) in [4.78, 5) is 0.449. The van der Waals surface area contributed by atoms with Gasteiger partial charge in [-0.25, -0.2) is 4.39 Å². The van der Waals surface area contributed by atoms with Crippen molar-refractivity contribution < 1.29 is 14.6 Å². The van der Waals surface area contributed by atoms with Crippen molar-refractivity contribution in [3.05, 3.63) is 29.6 Å². The Bertz CT molecular complexity index is 347. The minimum absolute atomic E-state index is 0.247. The van der Waals surface area contributed by atoms with Gasteiger partial charge >= 0.3 is 0 Å². The van der Waals surface area contributed by atoms with Crippen molar-refractivity contribution in [2.75, 3.05) is 12.4 Å². The van der Waals surface area contributed by atoms with Gasteiger partial charge < -0.3 is 15.9 Å². The van der Waals surface area contributed by atoms with Gasteiger partial charge in [-0.15, -0.1) is 11.8 Å². The quantitative estimate of drug-likeness (QED) is 0.684. The van der Waals surface area contributed by atoms with E-state index < -0.39 is 6.10 Å². The number of thioether (sulfide) groups is 1. The van der Waals surface area contributed by atoms with Gasteiger partial charge in [-0.3, -0.25) is 0 Å². The fraction of sp³-hybridized carbons (Fsp3) is 0.455. The standard InChI is InChI=1S/C11H16FNO2S/c1-7(13)9-3-2-4-10(12)11(9)16-6-8(15)5-14/h2-4,7-8,14-15H,5-6,13H2,1H3/t7-,8?/m0/s1. The molecular weight excluding hydrogens is 229 g/mol. The molecule has 0 radical (unpaired) electrons. The van der Waals surface area contributed by atoms with Gasteiger partial charge in [-0.05, 0) is 18.6 Å². The van der Waals surface area contributed by atoms with E-state index in [9.17, 15) is 9.50 Å². The predicted octanol–water partition coefficient (Wildman–Crippen LogP) is 1.29. The monoisotopic (exact) mass is 245 g/mol. The fourth-order valence-electron chi connectivity index (χ4n) is 1.27. The van der Waals surface area contributed by atoms with Crippen LogP contribution in [-0.2, 0) is 0 Å². The summed E-state index contributed by atoms with van der Waals surface area (Å²) in [5.74, 6) is -0.0955. The van der Waals surface area contributed by atoms with Gasteiger partial charge in [0.2, 0.25) is 0 Å². The smallest absolute Gasteiger partial charge is 0.137 e. The number of benzene rings is 1. The van der Waals surface area contributed by atoms with E-state index in [0.29, 0.717) is 4.90 Å². The molecule has 0 aromatic heterocycles. The molecule has 0 saturated heterocycles. The maximum absolute atomic E-state index is 13.5. The molecule has 5 heteroatoms. The molecule has 0 saturated carbocycles. The van der Waals surface area contributed by atoms with E-state index in [1.165, 1.54) is 17.8 Å². The molecule has 0 fully saturated rings. The van der Waals surface area contributed by atoms with Crippen LogP contribution in [0.5, 0.6) is 0 Å². The largest absolute Gasteiger partial charge is 0.394 e. The van der Waals surface area contributed by atoms with Crippen LogP contribution in [0.3, 0.4) is 0 Å². The van der Waals surface area contributed by atoms with Crippen molar-refractivity contribution in [1.82, 2.24) is 0 Å². The van der Waals surface area contributed by atoms with Gasteiger partial charge in [0.25, 0.3) is 0 Å². The molecule has 0 bridgehead atoms. The van der Waals surface area contributed by atoms with Crippen molar-refractivity contribution in [3.8, 4) is 0 Å². The van der Waals surface area contributed by atoms with Gasteiger partial charge in [-0.2, -0.15) is 0 Å². The highest BCUT2D eigenvalue weighted by atomic mass is 32.2. The van der Waals surface area contributed by atoms with Gasteiger partial charge in [0.15, 0.2) is 0 Å². The van der Waals surface area contributed by atoms with E-state index >= 15 is 0 Å². The molecule has 0 aliphatic rings. The zero-order valence-electron chi connectivity index (χ0n) is 9.06. The van der Waals surface area contributed by atoms with Crippen LogP contribution in [0.1, 0.15) is 18.5 Å². The maximum atomic E-state index is 13.5. The number of hydrogen-bond donors (Lipinski definition) is 3. The van der Waals surface area contributed by atoms with Gasteiger partial charge in [0.05, 0.1) is 12.7 Å². The van der Waals surface area contributed by atoms with Crippen LogP contribution in [0.25, 0.3) is 0 Å². The molecule has 16 heavy (non-hydrogen) atoms. The first-order chi connectivity index (χ1) is 7.56. The minimum Gasteiger partial charge on any atom is -0.394 e. The first-order valence-corrected chi connectivity index (χ1v) is 6.00. The Balaban J connectivity index is 2.84. The van der Waals surface area contributed by atoms with Crippen molar-refractivity contribution in [2.45, 2.75) is 24.0 Å². The summed E-state index contributed by atoms with van der Waals surface area (Å²) in [5, 5.41) is 17.9. The summed E-state index contributed by atoms with van der Waals surface area (Å²) >= 11 is 1.17. The highest BCUT2D eigenvalue weighted by Gasteiger charge is 2.13. The van der Waals surface area contributed by atoms with Crippen LogP contribution in [0.2, 0.25) is 0 Å². The third-order valence-corrected chi connectivity index (χ3v) is 3.39. The molecule has 1 rings (SSSR count). The fourth-order valence-corrected chi connectivity index (χ4v) is 2.36. The SMILES string of the molecule is C[C@H](N)c1cccc(F)c1SCC(O)CO. The topological polar surface area (TPSA) is 66.5 Å². The zero-order valence-corrected chi connectivity index (χ0v) is 9.88. The highest BCUT2D eigenvalue weighted by molar-refractivity contribution is 7.99. The van der Waals surface area contributed by atoms with Crippen molar-refractivity contribution in [3.63, 3.8) is 0 Å². The first-order valence-electron chi connectivity index (χ1n) is 5.02. The normalized spacial score (nSPS) is 14.8. The van der Waals surface area contributed by atoms with E-state index in [1.807, 2.05) is 0 Å². The highest BCUT2D eigenvalue weighted by Crippen LogP contribution is 2.29. The first kappa shape index (κ1) is 13.4. The Morgan fingerprint density at radius 2 is 2.19 bits per heavy atom. The van der Waals surface area contributed by atoms with Gasteiger partial charge in [0, 0.05) is 16.7 Å². The second-order valence-electron chi connectivity index (χ2n) is 3.59. The van der Waals surface area contributed by atoms with Crippen LogP contribution >= 0.6 is 11.8 Å².